The molecule has 0 spiro atoms. The lowest BCUT2D eigenvalue weighted by Gasteiger charge is -2.30. The molecule has 5 nitrogen and oxygen atoms in total. The van der Waals surface area contributed by atoms with Gasteiger partial charge in [-0.3, -0.25) is 4.79 Å². The van der Waals surface area contributed by atoms with Crippen LogP contribution in [0.15, 0.2) is 24.3 Å². The minimum absolute atomic E-state index is 0.283. The Balaban J connectivity index is 1.71. The largest absolute Gasteiger partial charge is 0.355 e. The third kappa shape index (κ3) is 4.10. The van der Waals surface area contributed by atoms with Crippen LogP contribution in [0.3, 0.4) is 0 Å². The summed E-state index contributed by atoms with van der Waals surface area (Å²) in [6.45, 7) is 8.13. The third-order valence-electron chi connectivity index (χ3n) is 4.66. The van der Waals surface area contributed by atoms with Gasteiger partial charge in [-0.15, -0.1) is 10.2 Å². The van der Waals surface area contributed by atoms with Gasteiger partial charge in [0.1, 0.15) is 0 Å². The van der Waals surface area contributed by atoms with Crippen LogP contribution in [0.2, 0.25) is 5.02 Å². The molecule has 0 unspecified atom stereocenters. The molecule has 1 amide bonds. The maximum atomic E-state index is 12.4. The van der Waals surface area contributed by atoms with Crippen molar-refractivity contribution in [2.75, 3.05) is 23.3 Å². The average molecular weight is 359 g/mol. The molecule has 0 bridgehead atoms. The van der Waals surface area contributed by atoms with Gasteiger partial charge in [-0.05, 0) is 61.9 Å². The van der Waals surface area contributed by atoms with Crippen LogP contribution in [0, 0.1) is 19.8 Å². The predicted octanol–water partition coefficient (Wildman–Crippen LogP) is 4.24. The summed E-state index contributed by atoms with van der Waals surface area (Å²) < 4.78 is 0. The van der Waals surface area contributed by atoms with Crippen molar-refractivity contribution in [3.8, 4) is 0 Å². The van der Waals surface area contributed by atoms with Crippen molar-refractivity contribution in [3.63, 3.8) is 0 Å². The van der Waals surface area contributed by atoms with E-state index in [1.807, 2.05) is 32.0 Å². The highest BCUT2D eigenvalue weighted by molar-refractivity contribution is 6.34. The fourth-order valence-corrected chi connectivity index (χ4v) is 3.47. The Kier molecular flexibility index (Phi) is 5.23. The minimum Gasteiger partial charge on any atom is -0.355 e. The van der Waals surface area contributed by atoms with E-state index >= 15 is 0 Å². The lowest BCUT2D eigenvalue weighted by molar-refractivity contribution is 0.102. The maximum Gasteiger partial charge on any atom is 0.276 e. The SMILES string of the molecule is Cc1cc(C)c(NC(=O)c2ccc(N3CCC(C)CC3)nn2)c(Cl)c1. The van der Waals surface area contributed by atoms with Crippen molar-refractivity contribution < 1.29 is 4.79 Å². The van der Waals surface area contributed by atoms with Gasteiger partial charge in [0.05, 0.1) is 10.7 Å². The number of aromatic nitrogens is 2. The van der Waals surface area contributed by atoms with E-state index in [4.69, 9.17) is 11.6 Å². The molecule has 1 aromatic carbocycles. The molecule has 2 aromatic rings. The van der Waals surface area contributed by atoms with Crippen LogP contribution in [0.4, 0.5) is 11.5 Å². The Labute approximate surface area is 153 Å². The predicted molar refractivity (Wildman–Crippen MR) is 102 cm³/mol. The Morgan fingerprint density at radius 3 is 2.52 bits per heavy atom. The van der Waals surface area contributed by atoms with Crippen LogP contribution in [0.5, 0.6) is 0 Å². The number of nitrogens with one attached hydrogen (secondary N) is 1. The molecule has 0 atom stereocenters. The molecule has 25 heavy (non-hydrogen) atoms. The number of aryl methyl sites for hydroxylation is 2. The summed E-state index contributed by atoms with van der Waals surface area (Å²) in [7, 11) is 0. The number of hydrogen-bond donors (Lipinski definition) is 1. The van der Waals surface area contributed by atoms with Crippen LogP contribution < -0.4 is 10.2 Å². The number of nitrogens with zero attached hydrogens (tertiary/aromatic N) is 3. The van der Waals surface area contributed by atoms with Crippen LogP contribution in [0.1, 0.15) is 41.4 Å². The zero-order chi connectivity index (χ0) is 18.0. The second-order valence-corrected chi connectivity index (χ2v) is 7.25. The van der Waals surface area contributed by atoms with Crippen molar-refractivity contribution in [1.29, 1.82) is 0 Å². The fourth-order valence-electron chi connectivity index (χ4n) is 3.10. The molecule has 1 aromatic heterocycles. The summed E-state index contributed by atoms with van der Waals surface area (Å²) in [6, 6.07) is 7.39. The molecular formula is C19H23ClN4O. The molecule has 1 aliphatic heterocycles. The zero-order valence-corrected chi connectivity index (χ0v) is 15.6. The lowest BCUT2D eigenvalue weighted by atomic mass is 9.99. The molecule has 6 heteroatoms. The molecule has 1 N–H and O–H groups in total. The van der Waals surface area contributed by atoms with Gasteiger partial charge in [0.15, 0.2) is 11.5 Å². The van der Waals surface area contributed by atoms with E-state index < -0.39 is 0 Å². The molecule has 1 fully saturated rings. The van der Waals surface area contributed by atoms with Crippen LogP contribution >= 0.6 is 11.6 Å². The molecular weight excluding hydrogens is 336 g/mol. The van der Waals surface area contributed by atoms with E-state index in [-0.39, 0.29) is 11.6 Å². The number of anilines is 2. The highest BCUT2D eigenvalue weighted by atomic mass is 35.5. The topological polar surface area (TPSA) is 58.1 Å². The van der Waals surface area contributed by atoms with Crippen molar-refractivity contribution in [1.82, 2.24) is 10.2 Å². The van der Waals surface area contributed by atoms with E-state index in [0.717, 1.165) is 48.8 Å². The van der Waals surface area contributed by atoms with Gasteiger partial charge in [0.2, 0.25) is 0 Å². The highest BCUT2D eigenvalue weighted by Gasteiger charge is 2.18. The van der Waals surface area contributed by atoms with Gasteiger partial charge in [-0.2, -0.15) is 0 Å². The van der Waals surface area contributed by atoms with Crippen molar-refractivity contribution in [2.45, 2.75) is 33.6 Å². The van der Waals surface area contributed by atoms with Gasteiger partial charge >= 0.3 is 0 Å². The summed E-state index contributed by atoms with van der Waals surface area (Å²) in [5.74, 6) is 1.28. The van der Waals surface area contributed by atoms with Gasteiger partial charge in [-0.1, -0.05) is 24.6 Å². The molecule has 2 heterocycles. The minimum atomic E-state index is -0.305. The number of piperidine rings is 1. The van der Waals surface area contributed by atoms with Crippen LogP contribution in [0.25, 0.3) is 0 Å². The van der Waals surface area contributed by atoms with E-state index in [0.29, 0.717) is 10.7 Å². The van der Waals surface area contributed by atoms with Crippen molar-refractivity contribution in [2.24, 2.45) is 5.92 Å². The zero-order valence-electron chi connectivity index (χ0n) is 14.8. The van der Waals surface area contributed by atoms with Gasteiger partial charge in [0.25, 0.3) is 5.91 Å². The normalized spacial score (nSPS) is 15.3. The molecule has 0 radical (unpaired) electrons. The Bertz CT molecular complexity index is 744. The molecule has 0 aliphatic carbocycles. The Morgan fingerprint density at radius 1 is 1.20 bits per heavy atom. The second kappa shape index (κ2) is 7.40. The number of carbonyl (C=O) groups excluding carboxylic acids is 1. The lowest BCUT2D eigenvalue weighted by Crippen LogP contribution is -2.33. The number of rotatable bonds is 3. The molecule has 0 saturated carbocycles. The molecule has 1 aliphatic rings. The summed E-state index contributed by atoms with van der Waals surface area (Å²) in [5.41, 5.74) is 2.88. The summed E-state index contributed by atoms with van der Waals surface area (Å²) in [4.78, 5) is 14.7. The van der Waals surface area contributed by atoms with Gasteiger partial charge in [-0.25, -0.2) is 0 Å². The fraction of sp³-hybridized carbons (Fsp3) is 0.421. The third-order valence-corrected chi connectivity index (χ3v) is 4.96. The molecule has 132 valence electrons. The summed E-state index contributed by atoms with van der Waals surface area (Å²) in [6.07, 6.45) is 2.32. The first-order valence-corrected chi connectivity index (χ1v) is 8.98. The smallest absolute Gasteiger partial charge is 0.276 e. The van der Waals surface area contributed by atoms with E-state index in [1.54, 1.807) is 6.07 Å². The van der Waals surface area contributed by atoms with Crippen molar-refractivity contribution >= 4 is 29.0 Å². The van der Waals surface area contributed by atoms with Gasteiger partial charge < -0.3 is 10.2 Å². The average Bonchev–Trinajstić information content (AvgIpc) is 2.59. The number of amides is 1. The quantitative estimate of drug-likeness (QED) is 0.891. The maximum absolute atomic E-state index is 12.4. The number of hydrogen-bond acceptors (Lipinski definition) is 4. The van der Waals surface area contributed by atoms with Crippen LogP contribution in [-0.4, -0.2) is 29.2 Å². The highest BCUT2D eigenvalue weighted by Crippen LogP contribution is 2.28. The van der Waals surface area contributed by atoms with Gasteiger partial charge in [0, 0.05) is 13.1 Å². The standard InChI is InChI=1S/C19H23ClN4O/c1-12-6-8-24(9-7-12)17-5-4-16(22-23-17)19(25)21-18-14(3)10-13(2)11-15(18)20/h4-5,10-12H,6-9H2,1-3H3,(H,21,25). The van der Waals surface area contributed by atoms with Crippen molar-refractivity contribution in [3.05, 3.63) is 46.1 Å². The first-order valence-electron chi connectivity index (χ1n) is 8.61. The molecule has 3 rings (SSSR count). The second-order valence-electron chi connectivity index (χ2n) is 6.84. The van der Waals surface area contributed by atoms with Crippen LogP contribution in [-0.2, 0) is 0 Å². The number of halogens is 1. The molecule has 1 saturated heterocycles. The monoisotopic (exact) mass is 358 g/mol. The summed E-state index contributed by atoms with van der Waals surface area (Å²) >= 11 is 6.25. The van der Waals surface area contributed by atoms with E-state index in [9.17, 15) is 4.79 Å². The first kappa shape index (κ1) is 17.7. The van der Waals surface area contributed by atoms with E-state index in [1.165, 1.54) is 0 Å². The number of carbonyl (C=O) groups is 1. The van der Waals surface area contributed by atoms with E-state index in [2.05, 4.69) is 27.3 Å². The summed E-state index contributed by atoms with van der Waals surface area (Å²) in [5, 5.41) is 11.7. The Morgan fingerprint density at radius 2 is 1.92 bits per heavy atom. The number of benzene rings is 1. The first-order chi connectivity index (χ1) is 11.9. The Hall–Kier alpha value is -2.14.